The maximum absolute atomic E-state index is 6.24. The first-order chi connectivity index (χ1) is 10.2. The number of rotatable bonds is 4. The molecule has 0 unspecified atom stereocenters. The highest BCUT2D eigenvalue weighted by Gasteiger charge is 2.11. The summed E-state index contributed by atoms with van der Waals surface area (Å²) in [4.78, 5) is 2.45. The molecule has 0 bridgehead atoms. The van der Waals surface area contributed by atoms with Gasteiger partial charge in [-0.1, -0.05) is 35.9 Å². The van der Waals surface area contributed by atoms with E-state index in [0.29, 0.717) is 0 Å². The summed E-state index contributed by atoms with van der Waals surface area (Å²) >= 11 is 6.24. The van der Waals surface area contributed by atoms with Gasteiger partial charge in [0.15, 0.2) is 0 Å². The number of nitrogens with zero attached hydrogens (tertiary/aromatic N) is 1. The van der Waals surface area contributed by atoms with E-state index >= 15 is 0 Å². The van der Waals surface area contributed by atoms with Crippen molar-refractivity contribution in [3.63, 3.8) is 0 Å². The fraction of sp³-hybridized carbons (Fsp3) is 0.333. The highest BCUT2D eigenvalue weighted by molar-refractivity contribution is 6.33. The van der Waals surface area contributed by atoms with Gasteiger partial charge in [0.25, 0.3) is 0 Å². The second-order valence-corrected chi connectivity index (χ2v) is 6.05. The van der Waals surface area contributed by atoms with Gasteiger partial charge in [-0.2, -0.15) is 0 Å². The molecule has 21 heavy (non-hydrogen) atoms. The molecule has 0 amide bonds. The van der Waals surface area contributed by atoms with E-state index in [1.807, 2.05) is 12.1 Å². The first-order valence-electron chi connectivity index (χ1n) is 7.57. The van der Waals surface area contributed by atoms with Gasteiger partial charge in [-0.15, -0.1) is 0 Å². The number of para-hydroxylation sites is 1. The van der Waals surface area contributed by atoms with Crippen molar-refractivity contribution in [3.05, 3.63) is 58.6 Å². The third kappa shape index (κ3) is 3.33. The largest absolute Gasteiger partial charge is 0.380 e. The fourth-order valence-corrected chi connectivity index (χ4v) is 3.13. The summed E-state index contributed by atoms with van der Waals surface area (Å²) in [5.41, 5.74) is 4.82. The smallest absolute Gasteiger partial charge is 0.0640 e. The van der Waals surface area contributed by atoms with Crippen molar-refractivity contribution in [2.24, 2.45) is 0 Å². The van der Waals surface area contributed by atoms with E-state index in [9.17, 15) is 0 Å². The summed E-state index contributed by atoms with van der Waals surface area (Å²) in [6.07, 6.45) is 2.63. The maximum Gasteiger partial charge on any atom is 0.0640 e. The quantitative estimate of drug-likeness (QED) is 0.867. The average molecular weight is 301 g/mol. The van der Waals surface area contributed by atoms with E-state index < -0.39 is 0 Å². The van der Waals surface area contributed by atoms with E-state index in [1.54, 1.807) is 0 Å². The molecule has 0 radical (unpaired) electrons. The van der Waals surface area contributed by atoms with Crippen molar-refractivity contribution < 1.29 is 0 Å². The van der Waals surface area contributed by atoms with Crippen LogP contribution in [0, 0.1) is 6.92 Å². The molecular formula is C18H21ClN2. The first kappa shape index (κ1) is 14.3. The van der Waals surface area contributed by atoms with Gasteiger partial charge in [0.2, 0.25) is 0 Å². The lowest BCUT2D eigenvalue weighted by Gasteiger charge is -2.18. The fourth-order valence-electron chi connectivity index (χ4n) is 2.85. The number of anilines is 2. The monoisotopic (exact) mass is 300 g/mol. The summed E-state index contributed by atoms with van der Waals surface area (Å²) < 4.78 is 0. The number of halogens is 1. The zero-order chi connectivity index (χ0) is 14.7. The third-order valence-corrected chi connectivity index (χ3v) is 4.41. The van der Waals surface area contributed by atoms with Crippen LogP contribution in [0.3, 0.4) is 0 Å². The van der Waals surface area contributed by atoms with Crippen molar-refractivity contribution in [2.75, 3.05) is 23.3 Å². The van der Waals surface area contributed by atoms with Crippen LogP contribution in [-0.2, 0) is 6.54 Å². The summed E-state index contributed by atoms with van der Waals surface area (Å²) in [5, 5.41) is 4.22. The summed E-state index contributed by atoms with van der Waals surface area (Å²) in [6, 6.07) is 14.8. The molecule has 110 valence electrons. The Bertz CT molecular complexity index is 581. The van der Waals surface area contributed by atoms with Crippen LogP contribution < -0.4 is 10.2 Å². The Morgan fingerprint density at radius 2 is 1.76 bits per heavy atom. The second kappa shape index (κ2) is 6.40. The zero-order valence-corrected chi connectivity index (χ0v) is 13.2. The Balaban J connectivity index is 1.65. The molecule has 0 aromatic heterocycles. The Labute approximate surface area is 131 Å². The van der Waals surface area contributed by atoms with E-state index in [4.69, 9.17) is 11.6 Å². The van der Waals surface area contributed by atoms with Gasteiger partial charge >= 0.3 is 0 Å². The van der Waals surface area contributed by atoms with Gasteiger partial charge < -0.3 is 10.2 Å². The third-order valence-electron chi connectivity index (χ3n) is 4.10. The average Bonchev–Trinajstić information content (AvgIpc) is 3.02. The van der Waals surface area contributed by atoms with Crippen molar-refractivity contribution in [1.82, 2.24) is 0 Å². The number of hydrogen-bond acceptors (Lipinski definition) is 2. The minimum atomic E-state index is 0.781. The molecule has 1 fully saturated rings. The molecule has 2 aromatic carbocycles. The normalized spacial score (nSPS) is 14.5. The van der Waals surface area contributed by atoms with E-state index in [2.05, 4.69) is 47.5 Å². The van der Waals surface area contributed by atoms with Crippen LogP contribution in [0.5, 0.6) is 0 Å². The van der Waals surface area contributed by atoms with Crippen LogP contribution in [0.25, 0.3) is 0 Å². The van der Waals surface area contributed by atoms with Crippen molar-refractivity contribution in [3.8, 4) is 0 Å². The molecule has 2 nitrogen and oxygen atoms in total. The van der Waals surface area contributed by atoms with Gasteiger partial charge in [0.1, 0.15) is 0 Å². The summed E-state index contributed by atoms with van der Waals surface area (Å²) in [5.74, 6) is 0. The minimum absolute atomic E-state index is 0.781. The highest BCUT2D eigenvalue weighted by Crippen LogP contribution is 2.26. The number of aryl methyl sites for hydroxylation is 1. The summed E-state index contributed by atoms with van der Waals surface area (Å²) in [6.45, 7) is 5.25. The molecule has 3 heteroatoms. The molecule has 1 aliphatic heterocycles. The van der Waals surface area contributed by atoms with Crippen LogP contribution >= 0.6 is 11.6 Å². The molecule has 1 aliphatic rings. The lowest BCUT2D eigenvalue weighted by Crippen LogP contribution is -2.17. The van der Waals surface area contributed by atoms with Crippen LogP contribution in [0.2, 0.25) is 5.02 Å². The molecule has 1 heterocycles. The molecular weight excluding hydrogens is 280 g/mol. The van der Waals surface area contributed by atoms with E-state index in [0.717, 1.165) is 17.3 Å². The topological polar surface area (TPSA) is 15.3 Å². The maximum atomic E-state index is 6.24. The van der Waals surface area contributed by atoms with Crippen LogP contribution in [0.15, 0.2) is 42.5 Å². The molecule has 1 N–H and O–H groups in total. The molecule has 2 aromatic rings. The van der Waals surface area contributed by atoms with Gasteiger partial charge in [-0.05, 0) is 49.1 Å². The molecule has 0 aliphatic carbocycles. The molecule has 3 rings (SSSR count). The van der Waals surface area contributed by atoms with Crippen molar-refractivity contribution >= 4 is 23.0 Å². The molecule has 1 saturated heterocycles. The molecule has 0 spiro atoms. The van der Waals surface area contributed by atoms with E-state index in [1.165, 1.54) is 42.7 Å². The Hall–Kier alpha value is -1.67. The second-order valence-electron chi connectivity index (χ2n) is 5.65. The van der Waals surface area contributed by atoms with Gasteiger partial charge in [-0.25, -0.2) is 0 Å². The summed E-state index contributed by atoms with van der Waals surface area (Å²) in [7, 11) is 0. The van der Waals surface area contributed by atoms with Gasteiger partial charge in [-0.3, -0.25) is 0 Å². The van der Waals surface area contributed by atoms with Crippen LogP contribution in [0.1, 0.15) is 24.0 Å². The number of benzene rings is 2. The predicted octanol–water partition coefficient (Wildman–Crippen LogP) is 4.86. The number of hydrogen-bond donors (Lipinski definition) is 1. The van der Waals surface area contributed by atoms with E-state index in [-0.39, 0.29) is 0 Å². The zero-order valence-electron chi connectivity index (χ0n) is 12.4. The lowest BCUT2D eigenvalue weighted by molar-refractivity contribution is 0.949. The Morgan fingerprint density at radius 3 is 2.43 bits per heavy atom. The van der Waals surface area contributed by atoms with Crippen LogP contribution in [-0.4, -0.2) is 13.1 Å². The SMILES string of the molecule is Cc1cccc(Cl)c1NCc1ccc(N2CCCC2)cc1. The van der Waals surface area contributed by atoms with Gasteiger partial charge in [0.05, 0.1) is 10.7 Å². The Kier molecular flexibility index (Phi) is 4.35. The number of nitrogens with one attached hydrogen (secondary N) is 1. The lowest BCUT2D eigenvalue weighted by atomic mass is 10.1. The highest BCUT2D eigenvalue weighted by atomic mass is 35.5. The molecule has 0 saturated carbocycles. The van der Waals surface area contributed by atoms with Gasteiger partial charge in [0, 0.05) is 25.3 Å². The molecule has 0 atom stereocenters. The van der Waals surface area contributed by atoms with Crippen LogP contribution in [0.4, 0.5) is 11.4 Å². The first-order valence-corrected chi connectivity index (χ1v) is 7.95. The minimum Gasteiger partial charge on any atom is -0.380 e. The standard InChI is InChI=1S/C18H21ClN2/c1-14-5-4-6-17(19)18(14)20-13-15-7-9-16(10-8-15)21-11-2-3-12-21/h4-10,20H,2-3,11-13H2,1H3. The predicted molar refractivity (Wildman–Crippen MR) is 91.4 cm³/mol. The van der Waals surface area contributed by atoms with Crippen molar-refractivity contribution in [2.45, 2.75) is 26.3 Å². The Morgan fingerprint density at radius 1 is 1.05 bits per heavy atom. The van der Waals surface area contributed by atoms with Crippen molar-refractivity contribution in [1.29, 1.82) is 0 Å².